The standard InChI is InChI=1S/C14H16N6O/c1-19-13(12(16)9-18-19)14(21)20(7-3-5-15)10-11-4-2-6-17-8-11/h2,4,6,8-9H,3,7,10,16H2,1H3. The second-order valence-electron chi connectivity index (χ2n) is 4.57. The molecule has 2 aromatic rings. The van der Waals surface area contributed by atoms with Gasteiger partial charge in [-0.05, 0) is 11.6 Å². The van der Waals surface area contributed by atoms with E-state index in [1.165, 1.54) is 10.9 Å². The Bertz CT molecular complexity index is 638. The second kappa shape index (κ2) is 6.52. The summed E-state index contributed by atoms with van der Waals surface area (Å²) in [6.45, 7) is 0.702. The molecule has 2 heterocycles. The van der Waals surface area contributed by atoms with Crippen molar-refractivity contribution in [1.29, 1.82) is 5.26 Å². The maximum absolute atomic E-state index is 12.6. The molecule has 0 saturated carbocycles. The number of hydrogen-bond acceptors (Lipinski definition) is 5. The number of nitrogens with two attached hydrogens (primary N) is 1. The van der Waals surface area contributed by atoms with Crippen LogP contribution in [0, 0.1) is 11.3 Å². The summed E-state index contributed by atoms with van der Waals surface area (Å²) in [5, 5.41) is 12.7. The van der Waals surface area contributed by atoms with Gasteiger partial charge in [0.1, 0.15) is 5.69 Å². The summed E-state index contributed by atoms with van der Waals surface area (Å²) in [5.74, 6) is -0.244. The van der Waals surface area contributed by atoms with E-state index in [1.807, 2.05) is 6.07 Å². The van der Waals surface area contributed by atoms with Crippen molar-refractivity contribution in [2.75, 3.05) is 12.3 Å². The fourth-order valence-corrected chi connectivity index (χ4v) is 2.02. The van der Waals surface area contributed by atoms with Gasteiger partial charge in [-0.15, -0.1) is 0 Å². The van der Waals surface area contributed by atoms with Crippen molar-refractivity contribution >= 4 is 11.6 Å². The topological polar surface area (TPSA) is 101 Å². The lowest BCUT2D eigenvalue weighted by Crippen LogP contribution is -2.33. The van der Waals surface area contributed by atoms with Gasteiger partial charge < -0.3 is 10.6 Å². The highest BCUT2D eigenvalue weighted by atomic mass is 16.2. The quantitative estimate of drug-likeness (QED) is 0.881. The maximum Gasteiger partial charge on any atom is 0.274 e. The summed E-state index contributed by atoms with van der Waals surface area (Å²) in [5.41, 5.74) is 7.35. The minimum atomic E-state index is -0.244. The lowest BCUT2D eigenvalue weighted by Gasteiger charge is -2.21. The number of carbonyl (C=O) groups is 1. The normalized spacial score (nSPS) is 10.1. The molecule has 1 amide bonds. The van der Waals surface area contributed by atoms with Crippen molar-refractivity contribution in [1.82, 2.24) is 19.7 Å². The average Bonchev–Trinajstić information content (AvgIpc) is 2.83. The van der Waals surface area contributed by atoms with Gasteiger partial charge in [0.25, 0.3) is 5.91 Å². The number of amides is 1. The van der Waals surface area contributed by atoms with Crippen molar-refractivity contribution in [2.24, 2.45) is 7.05 Å². The third-order valence-electron chi connectivity index (χ3n) is 3.05. The molecule has 108 valence electrons. The number of carbonyl (C=O) groups excluding carboxylic acids is 1. The van der Waals surface area contributed by atoms with Gasteiger partial charge in [-0.1, -0.05) is 6.07 Å². The minimum absolute atomic E-state index is 0.244. The Labute approximate surface area is 122 Å². The highest BCUT2D eigenvalue weighted by Gasteiger charge is 2.21. The first-order valence-corrected chi connectivity index (χ1v) is 6.46. The van der Waals surface area contributed by atoms with Crippen LogP contribution in [0.15, 0.2) is 30.7 Å². The summed E-state index contributed by atoms with van der Waals surface area (Å²) >= 11 is 0. The van der Waals surface area contributed by atoms with Crippen molar-refractivity contribution in [3.63, 3.8) is 0 Å². The molecule has 2 N–H and O–H groups in total. The lowest BCUT2D eigenvalue weighted by molar-refractivity contribution is 0.0736. The van der Waals surface area contributed by atoms with Crippen LogP contribution in [0.1, 0.15) is 22.5 Å². The molecule has 2 aromatic heterocycles. The number of rotatable bonds is 5. The summed E-state index contributed by atoms with van der Waals surface area (Å²) in [6, 6.07) is 5.74. The molecule has 0 aromatic carbocycles. The van der Waals surface area contributed by atoms with Crippen molar-refractivity contribution < 1.29 is 4.79 Å². The van der Waals surface area contributed by atoms with E-state index in [0.717, 1.165) is 5.56 Å². The second-order valence-corrected chi connectivity index (χ2v) is 4.57. The molecule has 0 radical (unpaired) electrons. The summed E-state index contributed by atoms with van der Waals surface area (Å²) in [6.07, 6.45) is 5.06. The lowest BCUT2D eigenvalue weighted by atomic mass is 10.2. The number of pyridine rings is 1. The number of nitriles is 1. The molecule has 0 spiro atoms. The largest absolute Gasteiger partial charge is 0.396 e. The molecule has 0 unspecified atom stereocenters. The van der Waals surface area contributed by atoms with Gasteiger partial charge in [0, 0.05) is 32.5 Å². The van der Waals surface area contributed by atoms with Crippen molar-refractivity contribution in [3.05, 3.63) is 42.0 Å². The Hall–Kier alpha value is -2.88. The van der Waals surface area contributed by atoms with Gasteiger partial charge in [-0.25, -0.2) is 0 Å². The zero-order chi connectivity index (χ0) is 15.2. The Morgan fingerprint density at radius 2 is 2.33 bits per heavy atom. The number of nitrogen functional groups attached to an aromatic ring is 1. The zero-order valence-corrected chi connectivity index (χ0v) is 11.7. The smallest absolute Gasteiger partial charge is 0.274 e. The van der Waals surface area contributed by atoms with E-state index < -0.39 is 0 Å². The molecule has 0 aliphatic heterocycles. The average molecular weight is 284 g/mol. The minimum Gasteiger partial charge on any atom is -0.396 e. The molecule has 0 aliphatic rings. The van der Waals surface area contributed by atoms with Crippen molar-refractivity contribution in [3.8, 4) is 6.07 Å². The van der Waals surface area contributed by atoms with Crippen molar-refractivity contribution in [2.45, 2.75) is 13.0 Å². The predicted molar refractivity (Wildman–Crippen MR) is 76.8 cm³/mol. The van der Waals surface area contributed by atoms with E-state index in [-0.39, 0.29) is 12.3 Å². The molecular formula is C14H16N6O. The van der Waals surface area contributed by atoms with Crippen LogP contribution in [0.2, 0.25) is 0 Å². The van der Waals surface area contributed by atoms with Gasteiger partial charge >= 0.3 is 0 Å². The third-order valence-corrected chi connectivity index (χ3v) is 3.05. The van der Waals surface area contributed by atoms with Gasteiger partial charge in [-0.2, -0.15) is 10.4 Å². The molecular weight excluding hydrogens is 268 g/mol. The monoisotopic (exact) mass is 284 g/mol. The van der Waals surface area contributed by atoms with Crippen LogP contribution in [0.5, 0.6) is 0 Å². The molecule has 0 aliphatic carbocycles. The van der Waals surface area contributed by atoms with E-state index in [9.17, 15) is 4.79 Å². The molecule has 0 bridgehead atoms. The Kier molecular flexibility index (Phi) is 4.51. The van der Waals surface area contributed by atoms with Crippen LogP contribution in [0.3, 0.4) is 0 Å². The van der Waals surface area contributed by atoms with Gasteiger partial charge in [0.05, 0.1) is 24.4 Å². The predicted octanol–water partition coefficient (Wildman–Crippen LogP) is 0.953. The highest BCUT2D eigenvalue weighted by Crippen LogP contribution is 2.15. The first-order valence-electron chi connectivity index (χ1n) is 6.46. The van der Waals surface area contributed by atoms with Gasteiger partial charge in [0.15, 0.2) is 0 Å². The summed E-state index contributed by atoms with van der Waals surface area (Å²) in [7, 11) is 1.66. The Morgan fingerprint density at radius 3 is 2.90 bits per heavy atom. The van der Waals surface area contributed by atoms with E-state index >= 15 is 0 Å². The van der Waals surface area contributed by atoms with Crippen LogP contribution in [-0.2, 0) is 13.6 Å². The molecule has 0 fully saturated rings. The SMILES string of the molecule is Cn1ncc(N)c1C(=O)N(CCC#N)Cc1cccnc1. The molecule has 21 heavy (non-hydrogen) atoms. The van der Waals surface area contributed by atoms with Crippen LogP contribution < -0.4 is 5.73 Å². The molecule has 2 rings (SSSR count). The molecule has 0 atom stereocenters. The third kappa shape index (κ3) is 3.36. The van der Waals surface area contributed by atoms with Crippen LogP contribution in [0.4, 0.5) is 5.69 Å². The zero-order valence-electron chi connectivity index (χ0n) is 11.7. The van der Waals surface area contributed by atoms with E-state index in [2.05, 4.69) is 16.2 Å². The first kappa shape index (κ1) is 14.5. The number of anilines is 1. The van der Waals surface area contributed by atoms with Crippen LogP contribution in [0.25, 0.3) is 0 Å². The molecule has 7 heteroatoms. The Balaban J connectivity index is 2.24. The van der Waals surface area contributed by atoms with Crippen LogP contribution in [-0.4, -0.2) is 32.1 Å². The summed E-state index contributed by atoms with van der Waals surface area (Å²) < 4.78 is 1.44. The molecule has 0 saturated heterocycles. The first-order chi connectivity index (χ1) is 10.1. The Morgan fingerprint density at radius 1 is 1.52 bits per heavy atom. The summed E-state index contributed by atoms with van der Waals surface area (Å²) in [4.78, 5) is 18.2. The number of aromatic nitrogens is 3. The van der Waals surface area contributed by atoms with Gasteiger partial charge in [-0.3, -0.25) is 14.5 Å². The van der Waals surface area contributed by atoms with E-state index in [0.29, 0.717) is 24.5 Å². The number of nitrogens with zero attached hydrogens (tertiary/aromatic N) is 5. The molecule has 7 nitrogen and oxygen atoms in total. The van der Waals surface area contributed by atoms with E-state index in [4.69, 9.17) is 11.0 Å². The fourth-order valence-electron chi connectivity index (χ4n) is 2.02. The highest BCUT2D eigenvalue weighted by molar-refractivity contribution is 5.97. The fraction of sp³-hybridized carbons (Fsp3) is 0.286. The number of aryl methyl sites for hydroxylation is 1. The number of hydrogen-bond donors (Lipinski definition) is 1. The van der Waals surface area contributed by atoms with Gasteiger partial charge in [0.2, 0.25) is 0 Å². The maximum atomic E-state index is 12.6. The van der Waals surface area contributed by atoms with E-state index in [1.54, 1.807) is 30.4 Å². The van der Waals surface area contributed by atoms with Crippen LogP contribution >= 0.6 is 0 Å².